The Hall–Kier alpha value is -5.62. The number of imide groups is 2. The molecular formula is C44H49Cl2FN8O8. The number of pyridine rings is 1. The second kappa shape index (κ2) is 19.8. The average Bonchev–Trinajstić information content (AvgIpc) is 3.86. The number of ether oxygens (including phenoxy) is 1. The van der Waals surface area contributed by atoms with Crippen LogP contribution in [0.15, 0.2) is 55.0 Å². The van der Waals surface area contributed by atoms with Gasteiger partial charge in [0.2, 0.25) is 17.7 Å². The number of aliphatic hydroxyl groups is 2. The number of piperidine rings is 2. The molecule has 19 heteroatoms. The fourth-order valence-corrected chi connectivity index (χ4v) is 8.99. The molecule has 2 aromatic carbocycles. The Morgan fingerprint density at radius 2 is 1.75 bits per heavy atom. The van der Waals surface area contributed by atoms with Crippen LogP contribution in [0.25, 0.3) is 11.1 Å². The number of amides is 5. The highest BCUT2D eigenvalue weighted by atomic mass is 35.5. The third kappa shape index (κ3) is 10.1. The number of nitrogens with zero attached hydrogens (tertiary/aromatic N) is 5. The molecule has 5 amide bonds. The number of hydrogen-bond donors (Lipinski definition) is 5. The predicted octanol–water partition coefficient (Wildman–Crippen LogP) is 5.85. The molecule has 0 saturated carbocycles. The van der Waals surface area contributed by atoms with Crippen molar-refractivity contribution < 1.29 is 43.3 Å². The first kappa shape index (κ1) is 45.4. The van der Waals surface area contributed by atoms with E-state index < -0.39 is 53.8 Å². The molecule has 0 bridgehead atoms. The number of hydrogen-bond acceptors (Lipinski definition) is 12. The zero-order valence-electron chi connectivity index (χ0n) is 34.6. The van der Waals surface area contributed by atoms with Gasteiger partial charge < -0.3 is 30.9 Å². The molecule has 0 aliphatic carbocycles. The minimum absolute atomic E-state index is 0.00861. The molecule has 2 saturated heterocycles. The first-order valence-corrected chi connectivity index (χ1v) is 21.8. The van der Waals surface area contributed by atoms with Crippen molar-refractivity contribution in [3.8, 4) is 16.9 Å². The summed E-state index contributed by atoms with van der Waals surface area (Å²) in [6.07, 6.45) is 6.50. The molecule has 63 heavy (non-hydrogen) atoms. The van der Waals surface area contributed by atoms with Crippen LogP contribution in [0.4, 0.5) is 15.9 Å². The van der Waals surface area contributed by atoms with Gasteiger partial charge in [0.25, 0.3) is 11.8 Å². The van der Waals surface area contributed by atoms with Crippen molar-refractivity contribution in [2.75, 3.05) is 30.7 Å². The van der Waals surface area contributed by atoms with Crippen molar-refractivity contribution in [1.29, 1.82) is 0 Å². The van der Waals surface area contributed by atoms with E-state index in [2.05, 4.69) is 20.7 Å². The van der Waals surface area contributed by atoms with Crippen LogP contribution in [0, 0.1) is 5.82 Å². The molecule has 5 heterocycles. The van der Waals surface area contributed by atoms with Gasteiger partial charge in [-0.15, -0.1) is 0 Å². The van der Waals surface area contributed by atoms with Gasteiger partial charge in [-0.05, 0) is 88.6 Å². The molecule has 3 aliphatic rings. The van der Waals surface area contributed by atoms with E-state index in [9.17, 15) is 38.6 Å². The third-order valence-corrected chi connectivity index (χ3v) is 12.6. The Morgan fingerprint density at radius 3 is 2.49 bits per heavy atom. The zero-order valence-corrected chi connectivity index (χ0v) is 36.1. The maximum absolute atomic E-state index is 14.2. The summed E-state index contributed by atoms with van der Waals surface area (Å²) in [6.45, 7) is 3.22. The number of anilines is 2. The molecule has 0 spiro atoms. The molecular weight excluding hydrogens is 858 g/mol. The normalized spacial score (nSPS) is 18.3. The van der Waals surface area contributed by atoms with Crippen LogP contribution in [0.1, 0.15) is 110 Å². The van der Waals surface area contributed by atoms with Crippen LogP contribution in [-0.4, -0.2) is 102 Å². The summed E-state index contributed by atoms with van der Waals surface area (Å²) in [5, 5.41) is 31.3. The van der Waals surface area contributed by atoms with Gasteiger partial charge in [-0.1, -0.05) is 29.3 Å². The quantitative estimate of drug-likeness (QED) is 0.0478. The van der Waals surface area contributed by atoms with E-state index in [-0.39, 0.29) is 70.4 Å². The van der Waals surface area contributed by atoms with Crippen LogP contribution in [0.3, 0.4) is 0 Å². The van der Waals surface area contributed by atoms with Gasteiger partial charge in [0.15, 0.2) is 11.6 Å². The topological polar surface area (TPSA) is 222 Å². The lowest BCUT2D eigenvalue weighted by Crippen LogP contribution is -2.54. The van der Waals surface area contributed by atoms with Gasteiger partial charge in [0.1, 0.15) is 18.0 Å². The lowest BCUT2D eigenvalue weighted by Gasteiger charge is -2.32. The molecule has 2 aromatic heterocycles. The number of nitrogens with one attached hydrogen (secondary N) is 2. The van der Waals surface area contributed by atoms with Crippen LogP contribution >= 0.6 is 23.2 Å². The highest BCUT2D eigenvalue weighted by Crippen LogP contribution is 2.38. The molecule has 4 unspecified atom stereocenters. The van der Waals surface area contributed by atoms with E-state index in [1.165, 1.54) is 18.2 Å². The summed E-state index contributed by atoms with van der Waals surface area (Å²) in [5.74, 6) is -2.49. The zero-order chi connectivity index (χ0) is 44.9. The van der Waals surface area contributed by atoms with E-state index in [4.69, 9.17) is 33.7 Å². The van der Waals surface area contributed by atoms with E-state index in [0.717, 1.165) is 10.5 Å². The fourth-order valence-electron chi connectivity index (χ4n) is 8.31. The van der Waals surface area contributed by atoms with Gasteiger partial charge in [0, 0.05) is 72.3 Å². The number of halogens is 3. The second-order valence-electron chi connectivity index (χ2n) is 16.1. The fraction of sp³-hybridized carbons (Fsp3) is 0.432. The third-order valence-electron chi connectivity index (χ3n) is 11.8. The van der Waals surface area contributed by atoms with Crippen LogP contribution in [0.2, 0.25) is 10.0 Å². The number of likely N-dealkylation sites (tertiary alicyclic amines) is 1. The Kier molecular flexibility index (Phi) is 14.3. The minimum Gasteiger partial charge on any atom is -0.482 e. The number of nitrogen functional groups attached to an aromatic ring is 1. The summed E-state index contributed by atoms with van der Waals surface area (Å²) in [4.78, 5) is 70.5. The Morgan fingerprint density at radius 1 is 1.00 bits per heavy atom. The lowest BCUT2D eigenvalue weighted by molar-refractivity contribution is -0.136. The van der Waals surface area contributed by atoms with E-state index in [1.807, 2.05) is 15.8 Å². The number of nitrogens with two attached hydrogens (primary N) is 1. The SMILES string of the molecule is CC(Oc1cc(-c2cnn(C3CCN(C(=O)CCCC(O)C(O)CCCCNc4cccc5c4C(=O)N(C4CCC(=O)NC4=O)C5=O)CC3)c2)cnc1N)c1c(Cl)ccc(F)c1Cl. The number of aliphatic hydroxyl groups excluding tert-OH is 2. The van der Waals surface area contributed by atoms with Crippen molar-refractivity contribution >= 4 is 64.2 Å². The number of unbranched alkanes of at least 4 members (excludes halogenated alkanes) is 1. The molecule has 6 N–H and O–H groups in total. The summed E-state index contributed by atoms with van der Waals surface area (Å²) in [5.41, 5.74) is 8.72. The van der Waals surface area contributed by atoms with Crippen molar-refractivity contribution in [2.45, 2.75) is 102 Å². The molecule has 2 fully saturated rings. The van der Waals surface area contributed by atoms with Crippen molar-refractivity contribution in [3.05, 3.63) is 87.5 Å². The van der Waals surface area contributed by atoms with E-state index in [1.54, 1.807) is 37.5 Å². The largest absolute Gasteiger partial charge is 0.482 e. The maximum atomic E-state index is 14.2. The van der Waals surface area contributed by atoms with Crippen LogP contribution in [-0.2, 0) is 14.4 Å². The van der Waals surface area contributed by atoms with Crippen molar-refractivity contribution in [3.63, 3.8) is 0 Å². The first-order chi connectivity index (χ1) is 30.2. The van der Waals surface area contributed by atoms with E-state index >= 15 is 0 Å². The smallest absolute Gasteiger partial charge is 0.264 e. The first-order valence-electron chi connectivity index (χ1n) is 21.0. The van der Waals surface area contributed by atoms with Gasteiger partial charge >= 0.3 is 0 Å². The molecule has 0 radical (unpaired) electrons. The number of benzene rings is 2. The number of carbonyl (C=O) groups excluding carboxylic acids is 5. The Bertz CT molecular complexity index is 2390. The van der Waals surface area contributed by atoms with E-state index in [0.29, 0.717) is 75.0 Å². The molecule has 3 aliphatic heterocycles. The highest BCUT2D eigenvalue weighted by molar-refractivity contribution is 6.36. The van der Waals surface area contributed by atoms with Gasteiger partial charge in [-0.25, -0.2) is 9.37 Å². The monoisotopic (exact) mass is 906 g/mol. The minimum atomic E-state index is -1.05. The average molecular weight is 908 g/mol. The summed E-state index contributed by atoms with van der Waals surface area (Å²) in [6, 6.07) is 8.21. The van der Waals surface area contributed by atoms with Crippen molar-refractivity contribution in [2.24, 2.45) is 0 Å². The van der Waals surface area contributed by atoms with Gasteiger partial charge in [0.05, 0.1) is 40.6 Å². The number of rotatable bonds is 17. The molecule has 334 valence electrons. The number of aromatic nitrogens is 3. The van der Waals surface area contributed by atoms with Crippen LogP contribution in [0.5, 0.6) is 5.75 Å². The Labute approximate surface area is 372 Å². The molecule has 4 aromatic rings. The second-order valence-corrected chi connectivity index (χ2v) is 16.9. The van der Waals surface area contributed by atoms with Crippen molar-refractivity contribution in [1.82, 2.24) is 29.9 Å². The number of fused-ring (bicyclic) bond motifs is 1. The molecule has 16 nitrogen and oxygen atoms in total. The molecule has 4 atom stereocenters. The van der Waals surface area contributed by atoms with Gasteiger partial charge in [-0.2, -0.15) is 5.10 Å². The van der Waals surface area contributed by atoms with Gasteiger partial charge in [-0.3, -0.25) is 38.9 Å². The summed E-state index contributed by atoms with van der Waals surface area (Å²) >= 11 is 12.5. The summed E-state index contributed by atoms with van der Waals surface area (Å²) in [7, 11) is 0. The predicted molar refractivity (Wildman–Crippen MR) is 232 cm³/mol. The standard InChI is InChI=1S/C44H49Cl2FN8O8/c1-24(38-29(45)11-12-30(47)40(38)46)63-35-20-25(21-50-41(35)48)26-22-51-54(23-26)27-15-18-53(19-16-27)37(59)10-5-9-34(57)33(56)8-2-3-17-49-31-7-4-6-28-39(31)44(62)55(43(28)61)32-13-14-36(58)52-42(32)60/h4,6-7,11-12,20-24,27,32-34,49,56-57H,2-3,5,8-10,13-19H2,1H3,(H2,48,50)(H,52,58,60). The molecule has 7 rings (SSSR count). The van der Waals surface area contributed by atoms with Crippen LogP contribution < -0.4 is 21.1 Å². The Balaban J connectivity index is 0.805. The lowest BCUT2D eigenvalue weighted by atomic mass is 10.0. The number of carbonyl (C=O) groups is 5. The summed E-state index contributed by atoms with van der Waals surface area (Å²) < 4.78 is 22.1. The highest BCUT2D eigenvalue weighted by Gasteiger charge is 2.45. The maximum Gasteiger partial charge on any atom is 0.264 e.